The van der Waals surface area contributed by atoms with Gasteiger partial charge in [-0.25, -0.2) is 0 Å². The van der Waals surface area contributed by atoms with Gasteiger partial charge in [0, 0.05) is 38.8 Å². The number of carbonyl (C=O) groups excluding carboxylic acids is 2. The molecule has 2 aromatic rings. The van der Waals surface area contributed by atoms with Crippen molar-refractivity contribution in [3.05, 3.63) is 65.5 Å². The molecular weight excluding hydrogens is 390 g/mol. The summed E-state index contributed by atoms with van der Waals surface area (Å²) in [6.07, 6.45) is 5.10. The summed E-state index contributed by atoms with van der Waals surface area (Å²) in [7, 11) is 0. The fourth-order valence-corrected chi connectivity index (χ4v) is 5.62. The topological polar surface area (TPSA) is 62.7 Å². The summed E-state index contributed by atoms with van der Waals surface area (Å²) in [5.74, 6) is 0.508. The van der Waals surface area contributed by atoms with Gasteiger partial charge in [0.05, 0.1) is 13.2 Å². The number of piperidine rings is 1. The molecular formula is C25H29N3O3. The summed E-state index contributed by atoms with van der Waals surface area (Å²) in [6, 6.07) is 14.1. The van der Waals surface area contributed by atoms with Crippen molar-refractivity contribution in [2.24, 2.45) is 0 Å². The van der Waals surface area contributed by atoms with Gasteiger partial charge in [-0.1, -0.05) is 30.3 Å². The van der Waals surface area contributed by atoms with Crippen molar-refractivity contribution in [1.82, 2.24) is 14.8 Å². The molecule has 6 nitrogen and oxygen atoms in total. The predicted molar refractivity (Wildman–Crippen MR) is 117 cm³/mol. The van der Waals surface area contributed by atoms with Gasteiger partial charge in [0.25, 0.3) is 5.91 Å². The molecule has 0 radical (unpaired) electrons. The molecule has 2 aliphatic heterocycles. The van der Waals surface area contributed by atoms with Crippen LogP contribution in [-0.2, 0) is 14.9 Å². The van der Waals surface area contributed by atoms with Crippen molar-refractivity contribution < 1.29 is 14.3 Å². The van der Waals surface area contributed by atoms with Crippen LogP contribution in [0, 0.1) is 0 Å². The third-order valence-electron chi connectivity index (χ3n) is 7.29. The number of morpholine rings is 1. The fourth-order valence-electron chi connectivity index (χ4n) is 5.62. The highest BCUT2D eigenvalue weighted by Crippen LogP contribution is 2.52. The lowest BCUT2D eigenvalue weighted by atomic mass is 9.73. The van der Waals surface area contributed by atoms with Crippen LogP contribution in [0.5, 0.6) is 0 Å². The Bertz CT molecular complexity index is 947. The standard InChI is InChI=1S/C25H29N3O3/c29-23(27-13-15-31-16-14-27)17-19-18-25(21-6-2-1-5-20(19)21)8-11-28(12-9-25)24(30)22-7-3-4-10-26-22/h1-7,10,19H,8-9,11-18H2/t19-/m0/s1. The Kier molecular flexibility index (Phi) is 5.48. The Morgan fingerprint density at radius 2 is 1.71 bits per heavy atom. The summed E-state index contributed by atoms with van der Waals surface area (Å²) < 4.78 is 5.40. The molecule has 6 heteroatoms. The molecule has 0 N–H and O–H groups in total. The first-order chi connectivity index (χ1) is 15.2. The summed E-state index contributed by atoms with van der Waals surface area (Å²) in [5, 5.41) is 0. The number of aromatic nitrogens is 1. The molecule has 5 rings (SSSR count). The van der Waals surface area contributed by atoms with E-state index in [1.165, 1.54) is 11.1 Å². The van der Waals surface area contributed by atoms with Gasteiger partial charge in [0.2, 0.25) is 5.91 Å². The quantitative estimate of drug-likeness (QED) is 0.767. The Hall–Kier alpha value is -2.73. The average molecular weight is 420 g/mol. The van der Waals surface area contributed by atoms with Gasteiger partial charge in [-0.15, -0.1) is 0 Å². The monoisotopic (exact) mass is 419 g/mol. The molecule has 1 atom stereocenters. The molecule has 2 fully saturated rings. The zero-order chi connectivity index (χ0) is 21.3. The minimum atomic E-state index is 0.0146. The summed E-state index contributed by atoms with van der Waals surface area (Å²) in [5.41, 5.74) is 3.29. The van der Waals surface area contributed by atoms with Gasteiger partial charge < -0.3 is 14.5 Å². The Morgan fingerprint density at radius 3 is 2.45 bits per heavy atom. The van der Waals surface area contributed by atoms with Crippen molar-refractivity contribution in [1.29, 1.82) is 0 Å². The fraction of sp³-hybridized carbons (Fsp3) is 0.480. The first-order valence-corrected chi connectivity index (χ1v) is 11.3. The molecule has 2 saturated heterocycles. The van der Waals surface area contributed by atoms with E-state index in [-0.39, 0.29) is 23.1 Å². The molecule has 1 aromatic carbocycles. The largest absolute Gasteiger partial charge is 0.378 e. The van der Waals surface area contributed by atoms with Gasteiger partial charge in [0.15, 0.2) is 0 Å². The van der Waals surface area contributed by atoms with Crippen molar-refractivity contribution in [2.75, 3.05) is 39.4 Å². The van der Waals surface area contributed by atoms with E-state index >= 15 is 0 Å². The van der Waals surface area contributed by atoms with Crippen LogP contribution in [0.4, 0.5) is 0 Å². The first-order valence-electron chi connectivity index (χ1n) is 11.3. The maximum atomic E-state index is 12.9. The number of ether oxygens (including phenoxy) is 1. The van der Waals surface area contributed by atoms with E-state index in [2.05, 4.69) is 29.2 Å². The number of rotatable bonds is 3. The highest BCUT2D eigenvalue weighted by molar-refractivity contribution is 5.92. The lowest BCUT2D eigenvalue weighted by Crippen LogP contribution is -2.44. The van der Waals surface area contributed by atoms with Crippen molar-refractivity contribution in [3.8, 4) is 0 Å². The van der Waals surface area contributed by atoms with E-state index in [9.17, 15) is 9.59 Å². The zero-order valence-corrected chi connectivity index (χ0v) is 17.8. The highest BCUT2D eigenvalue weighted by Gasteiger charge is 2.46. The smallest absolute Gasteiger partial charge is 0.272 e. The summed E-state index contributed by atoms with van der Waals surface area (Å²) in [6.45, 7) is 4.13. The number of pyridine rings is 1. The van der Waals surface area contributed by atoms with Crippen LogP contribution in [0.3, 0.4) is 0 Å². The lowest BCUT2D eigenvalue weighted by molar-refractivity contribution is -0.135. The van der Waals surface area contributed by atoms with E-state index in [1.54, 1.807) is 12.3 Å². The molecule has 2 amide bonds. The van der Waals surface area contributed by atoms with E-state index in [1.807, 2.05) is 21.9 Å². The SMILES string of the molecule is O=C(C[C@H]1CC2(CCN(C(=O)c3ccccn3)CC2)c2ccccc21)N1CCOCC1. The van der Waals surface area contributed by atoms with E-state index in [0.717, 1.165) is 32.4 Å². The number of hydrogen-bond acceptors (Lipinski definition) is 4. The number of nitrogens with zero attached hydrogens (tertiary/aromatic N) is 3. The van der Waals surface area contributed by atoms with Crippen molar-refractivity contribution in [3.63, 3.8) is 0 Å². The molecule has 3 aliphatic rings. The van der Waals surface area contributed by atoms with Crippen molar-refractivity contribution in [2.45, 2.75) is 37.0 Å². The van der Waals surface area contributed by atoms with Gasteiger partial charge >= 0.3 is 0 Å². The highest BCUT2D eigenvalue weighted by atomic mass is 16.5. The lowest BCUT2D eigenvalue weighted by Gasteiger charge is -2.40. The van der Waals surface area contributed by atoms with Crippen LogP contribution in [-0.4, -0.2) is 66.0 Å². The molecule has 3 heterocycles. The minimum absolute atomic E-state index is 0.0146. The molecule has 1 aromatic heterocycles. The van der Waals surface area contributed by atoms with Crippen molar-refractivity contribution >= 4 is 11.8 Å². The van der Waals surface area contributed by atoms with Gasteiger partial charge in [0.1, 0.15) is 5.69 Å². The first kappa shape index (κ1) is 20.2. The second-order valence-corrected chi connectivity index (χ2v) is 8.97. The van der Waals surface area contributed by atoms with Gasteiger partial charge in [-0.3, -0.25) is 14.6 Å². The number of hydrogen-bond donors (Lipinski definition) is 0. The van der Waals surface area contributed by atoms with Gasteiger partial charge in [-0.2, -0.15) is 0 Å². The van der Waals surface area contributed by atoms with Crippen LogP contribution in [0.1, 0.15) is 53.2 Å². The van der Waals surface area contributed by atoms with Gasteiger partial charge in [-0.05, 0) is 53.9 Å². The summed E-state index contributed by atoms with van der Waals surface area (Å²) in [4.78, 5) is 33.9. The normalized spacial score (nSPS) is 22.4. The second-order valence-electron chi connectivity index (χ2n) is 8.97. The number of carbonyl (C=O) groups is 2. The van der Waals surface area contributed by atoms with E-state index < -0.39 is 0 Å². The molecule has 0 bridgehead atoms. The molecule has 162 valence electrons. The van der Waals surface area contributed by atoms with E-state index in [0.29, 0.717) is 38.4 Å². The zero-order valence-electron chi connectivity index (χ0n) is 17.8. The Labute approximate surface area is 183 Å². The molecule has 0 saturated carbocycles. The number of benzene rings is 1. The minimum Gasteiger partial charge on any atom is -0.378 e. The van der Waals surface area contributed by atoms with E-state index in [4.69, 9.17) is 4.74 Å². The van der Waals surface area contributed by atoms with Crippen LogP contribution in [0.2, 0.25) is 0 Å². The molecule has 0 unspecified atom stereocenters. The maximum absolute atomic E-state index is 12.9. The summed E-state index contributed by atoms with van der Waals surface area (Å²) >= 11 is 0. The van der Waals surface area contributed by atoms with Crippen LogP contribution in [0.15, 0.2) is 48.7 Å². The van der Waals surface area contributed by atoms with Crippen LogP contribution in [0.25, 0.3) is 0 Å². The predicted octanol–water partition coefficient (Wildman–Crippen LogP) is 2.99. The number of amides is 2. The molecule has 31 heavy (non-hydrogen) atoms. The Morgan fingerprint density at radius 1 is 0.968 bits per heavy atom. The molecule has 1 spiro atoms. The number of likely N-dealkylation sites (tertiary alicyclic amines) is 1. The third kappa shape index (κ3) is 3.85. The molecule has 1 aliphatic carbocycles. The average Bonchev–Trinajstić information content (AvgIpc) is 3.13. The van der Waals surface area contributed by atoms with Crippen LogP contribution < -0.4 is 0 Å². The van der Waals surface area contributed by atoms with Crippen LogP contribution >= 0.6 is 0 Å². The maximum Gasteiger partial charge on any atom is 0.272 e. The Balaban J connectivity index is 1.30. The second kappa shape index (κ2) is 8.42. The number of fused-ring (bicyclic) bond motifs is 2. The third-order valence-corrected chi connectivity index (χ3v) is 7.29.